The van der Waals surface area contributed by atoms with Crippen LogP contribution < -0.4 is 0 Å². The molecule has 0 radical (unpaired) electrons. The highest BCUT2D eigenvalue weighted by Gasteiger charge is 2.51. The maximum atomic E-state index is 13.8. The van der Waals surface area contributed by atoms with Crippen LogP contribution in [-0.4, -0.2) is 137 Å². The molecule has 0 spiro atoms. The van der Waals surface area contributed by atoms with E-state index in [4.69, 9.17) is 23.0 Å². The summed E-state index contributed by atoms with van der Waals surface area (Å²) in [6.07, 6.45) is 6.90. The Kier molecular flexibility index (Phi) is 33.1. The summed E-state index contributed by atoms with van der Waals surface area (Å²) >= 11 is 0. The number of hydrogen-bond donors (Lipinski definition) is 10. The van der Waals surface area contributed by atoms with Gasteiger partial charge in [0.25, 0.3) is 0 Å². The highest BCUT2D eigenvalue weighted by molar-refractivity contribution is 7.47. The average Bonchev–Trinajstić information content (AvgIpc) is 3.30. The first-order valence-electron chi connectivity index (χ1n) is 25.8. The fourth-order valence-electron chi connectivity index (χ4n) is 8.67. The number of allylic oxidation sites excluding steroid dienone is 4. The van der Waals surface area contributed by atoms with Gasteiger partial charge in [0.15, 0.2) is 6.10 Å². The summed E-state index contributed by atoms with van der Waals surface area (Å²) in [6.45, 7) is 2.58. The highest BCUT2D eigenvalue weighted by atomic mass is 31.2. The minimum absolute atomic E-state index is 0.0268. The largest absolute Gasteiger partial charge is 0.472 e. The predicted molar refractivity (Wildman–Crippen MR) is 262 cm³/mol. The Morgan fingerprint density at radius 2 is 1.39 bits per heavy atom. The number of ether oxygens (including phenoxy) is 2. The van der Waals surface area contributed by atoms with Crippen LogP contribution in [0, 0.1) is 11.8 Å². The topological polar surface area (TPSA) is 317 Å². The standard InChI is InChI=1S/C49H88O19P2/c1-3-5-7-8-9-10-11-12-13-14-15-16-17-18-19-20-26-30-43(54)66-37-34-64-42(53)29-25-22-21-24-28-38-40(51)33-41(52)39(32-31-36(50)27-23-6-4-2)45(56)48(67-69(59,60)61)49(47(58)46(57)44(38)55)68-70(62,63)65-35-37/h9-10,12-13,31-32,36-41,44-52,55-58H,3-8,11,14-30,33-35H2,1-2H3,(H,62,63)(H2,59,60,61)/b10-9-,13-12-,32-31+/t36-,37+,38-,39-,40-,41+,44+,45+,46-,47+,48+,49-/m0/s1. The highest BCUT2D eigenvalue weighted by Crippen LogP contribution is 2.50. The Labute approximate surface area is 415 Å². The van der Waals surface area contributed by atoms with Gasteiger partial charge < -0.3 is 59.9 Å². The first kappa shape index (κ1) is 64.2. The molecule has 1 saturated heterocycles. The molecule has 408 valence electrons. The van der Waals surface area contributed by atoms with E-state index in [1.54, 1.807) is 0 Å². The number of phosphoric ester groups is 2. The van der Waals surface area contributed by atoms with E-state index in [1.165, 1.54) is 25.3 Å². The van der Waals surface area contributed by atoms with E-state index in [0.29, 0.717) is 38.5 Å². The molecule has 10 N–H and O–H groups in total. The molecule has 0 aromatic rings. The van der Waals surface area contributed by atoms with Crippen molar-refractivity contribution in [2.75, 3.05) is 13.2 Å². The van der Waals surface area contributed by atoms with E-state index < -0.39 is 120 Å². The molecule has 0 aromatic carbocycles. The zero-order valence-corrected chi connectivity index (χ0v) is 43.3. The summed E-state index contributed by atoms with van der Waals surface area (Å²) in [4.78, 5) is 56.9. The van der Waals surface area contributed by atoms with Gasteiger partial charge in [-0.1, -0.05) is 134 Å². The number of esters is 2. The third kappa shape index (κ3) is 27.4. The minimum Gasteiger partial charge on any atom is -0.462 e. The number of fused-ring (bicyclic) bond motifs is 4. The van der Waals surface area contributed by atoms with Crippen LogP contribution in [0.25, 0.3) is 0 Å². The van der Waals surface area contributed by atoms with Crippen molar-refractivity contribution in [1.29, 1.82) is 0 Å². The minimum atomic E-state index is -5.76. The second-order valence-electron chi connectivity index (χ2n) is 18.9. The molecule has 0 aromatic heterocycles. The summed E-state index contributed by atoms with van der Waals surface area (Å²) in [7, 11) is -11.4. The van der Waals surface area contributed by atoms with Crippen LogP contribution >= 0.6 is 15.6 Å². The van der Waals surface area contributed by atoms with Crippen molar-refractivity contribution in [3.8, 4) is 0 Å². The van der Waals surface area contributed by atoms with Crippen LogP contribution in [0.3, 0.4) is 0 Å². The SMILES string of the molecule is CCCCC/C=C\C/C=C\CCCCCCCCCC(=O)O[C@@H]1COC(=O)CCCCCC[C@@H]2[C@@H](O)[C@H](O)[C@@H](O)[C@H](OP(=O)(O)OC1)[C@H](OP(=O)(O)O)[C@H](O)[C@@H](/C=C/[C@@H](O)CCCCC)[C@H](O)C[C@@H]2O. The molecule has 1 aliphatic heterocycles. The van der Waals surface area contributed by atoms with Crippen LogP contribution in [0.4, 0.5) is 0 Å². The summed E-state index contributed by atoms with van der Waals surface area (Å²) in [5, 5.41) is 80.0. The number of carbonyl (C=O) groups excluding carboxylic acids is 2. The van der Waals surface area contributed by atoms with Gasteiger partial charge in [-0.25, -0.2) is 9.13 Å². The molecule has 13 atom stereocenters. The van der Waals surface area contributed by atoms with Crippen molar-refractivity contribution in [3.63, 3.8) is 0 Å². The Hall–Kier alpha value is -1.90. The van der Waals surface area contributed by atoms with E-state index in [9.17, 15) is 69.1 Å². The lowest BCUT2D eigenvalue weighted by atomic mass is 9.82. The van der Waals surface area contributed by atoms with E-state index in [0.717, 1.165) is 76.7 Å². The second kappa shape index (κ2) is 36.1. The monoisotopic (exact) mass is 1040 g/mol. The van der Waals surface area contributed by atoms with E-state index >= 15 is 0 Å². The van der Waals surface area contributed by atoms with Gasteiger partial charge in [0.05, 0.1) is 37.1 Å². The maximum absolute atomic E-state index is 13.8. The molecule has 70 heavy (non-hydrogen) atoms. The quantitative estimate of drug-likeness (QED) is 0.0198. The van der Waals surface area contributed by atoms with E-state index in [-0.39, 0.29) is 25.7 Å². The Balaban J connectivity index is 2.28. The van der Waals surface area contributed by atoms with Gasteiger partial charge in [-0.05, 0) is 57.8 Å². The molecule has 2 rings (SSSR count). The summed E-state index contributed by atoms with van der Waals surface area (Å²) in [5.41, 5.74) is 0. The zero-order valence-electron chi connectivity index (χ0n) is 41.5. The van der Waals surface area contributed by atoms with E-state index in [2.05, 4.69) is 31.2 Å². The summed E-state index contributed by atoms with van der Waals surface area (Å²) in [6, 6.07) is 0. The van der Waals surface area contributed by atoms with Crippen LogP contribution in [0.5, 0.6) is 0 Å². The van der Waals surface area contributed by atoms with Crippen LogP contribution in [0.2, 0.25) is 0 Å². The maximum Gasteiger partial charge on any atom is 0.472 e. The lowest BCUT2D eigenvalue weighted by Gasteiger charge is -2.39. The predicted octanol–water partition coefficient (Wildman–Crippen LogP) is 6.67. The van der Waals surface area contributed by atoms with Crippen LogP contribution in [0.1, 0.15) is 174 Å². The molecule has 1 saturated carbocycles. The molecule has 1 aliphatic carbocycles. The number of rotatable bonds is 25. The number of phosphoric acid groups is 2. The molecule has 0 amide bonds. The van der Waals surface area contributed by atoms with Gasteiger partial charge in [0.2, 0.25) is 0 Å². The van der Waals surface area contributed by atoms with Crippen molar-refractivity contribution < 1.29 is 92.2 Å². The average molecular weight is 1040 g/mol. The number of hydrogen-bond acceptors (Lipinski definition) is 16. The molecule has 2 aliphatic rings. The fraction of sp³-hybridized carbons (Fsp3) is 0.837. The smallest absolute Gasteiger partial charge is 0.462 e. The summed E-state index contributed by atoms with van der Waals surface area (Å²) in [5.74, 6) is -4.39. The Morgan fingerprint density at radius 3 is 2.04 bits per heavy atom. The molecular weight excluding hydrogens is 954 g/mol. The van der Waals surface area contributed by atoms with Crippen LogP contribution in [0.15, 0.2) is 36.5 Å². The van der Waals surface area contributed by atoms with Gasteiger partial charge in [0, 0.05) is 31.1 Å². The van der Waals surface area contributed by atoms with Crippen molar-refractivity contribution in [2.45, 2.75) is 235 Å². The lowest BCUT2D eigenvalue weighted by Crippen LogP contribution is -2.56. The van der Waals surface area contributed by atoms with Gasteiger partial charge in [-0.2, -0.15) is 0 Å². The Morgan fingerprint density at radius 1 is 0.771 bits per heavy atom. The number of carbonyl (C=O) groups is 2. The molecule has 2 fully saturated rings. The first-order chi connectivity index (χ1) is 33.3. The Bertz CT molecular complexity index is 1610. The molecular formula is C49H88O19P2. The normalized spacial score (nSPS) is 31.3. The van der Waals surface area contributed by atoms with Gasteiger partial charge in [-0.15, -0.1) is 0 Å². The third-order valence-corrected chi connectivity index (χ3v) is 14.3. The van der Waals surface area contributed by atoms with Crippen molar-refractivity contribution in [3.05, 3.63) is 36.5 Å². The van der Waals surface area contributed by atoms with Crippen LogP contribution in [-0.2, 0) is 41.8 Å². The van der Waals surface area contributed by atoms with Crippen molar-refractivity contribution in [1.82, 2.24) is 0 Å². The molecule has 21 heteroatoms. The molecule has 2 bridgehead atoms. The number of aliphatic hydroxyl groups is 7. The first-order valence-corrected chi connectivity index (χ1v) is 28.8. The number of aliphatic hydroxyl groups excluding tert-OH is 7. The third-order valence-electron chi connectivity index (χ3n) is 12.8. The fourth-order valence-corrected chi connectivity index (χ4v) is 10.2. The number of unbranched alkanes of at least 4 members (excludes halogenated alkanes) is 12. The second-order valence-corrected chi connectivity index (χ2v) is 21.5. The zero-order chi connectivity index (χ0) is 52.0. The van der Waals surface area contributed by atoms with Gasteiger partial charge in [0.1, 0.15) is 31.0 Å². The van der Waals surface area contributed by atoms with Crippen molar-refractivity contribution >= 4 is 27.6 Å². The van der Waals surface area contributed by atoms with Crippen molar-refractivity contribution in [2.24, 2.45) is 11.8 Å². The van der Waals surface area contributed by atoms with E-state index in [1.807, 2.05) is 6.92 Å². The molecule has 1 heterocycles. The van der Waals surface area contributed by atoms with Gasteiger partial charge in [-0.3, -0.25) is 23.2 Å². The number of cyclic esters (lactones) is 1. The molecule has 1 unspecified atom stereocenters. The lowest BCUT2D eigenvalue weighted by molar-refractivity contribution is -0.165. The molecule has 19 nitrogen and oxygen atoms in total. The summed E-state index contributed by atoms with van der Waals surface area (Å²) < 4.78 is 52.4. The van der Waals surface area contributed by atoms with Gasteiger partial charge >= 0.3 is 27.6 Å².